The van der Waals surface area contributed by atoms with E-state index in [1.807, 2.05) is 42.5 Å². The lowest BCUT2D eigenvalue weighted by molar-refractivity contribution is 0.0984. The molecule has 0 bridgehead atoms. The van der Waals surface area contributed by atoms with E-state index in [4.69, 9.17) is 4.98 Å². The molecule has 0 atom stereocenters. The predicted octanol–water partition coefficient (Wildman–Crippen LogP) is 5.76. The molecule has 5 nitrogen and oxygen atoms in total. The highest BCUT2D eigenvalue weighted by Crippen LogP contribution is 2.33. The molecule has 0 saturated carbocycles. The first kappa shape index (κ1) is 18.8. The number of pyridine rings is 1. The third-order valence-corrected chi connectivity index (χ3v) is 7.06. The Kier molecular flexibility index (Phi) is 4.77. The number of hydrogen-bond acceptors (Lipinski definition) is 6. The van der Waals surface area contributed by atoms with Gasteiger partial charge >= 0.3 is 0 Å². The van der Waals surface area contributed by atoms with E-state index in [-0.39, 0.29) is 5.91 Å². The summed E-state index contributed by atoms with van der Waals surface area (Å²) in [6, 6.07) is 17.7. The van der Waals surface area contributed by atoms with Crippen molar-refractivity contribution in [3.05, 3.63) is 82.6 Å². The summed E-state index contributed by atoms with van der Waals surface area (Å²) in [4.78, 5) is 29.0. The van der Waals surface area contributed by atoms with Crippen molar-refractivity contribution in [2.45, 2.75) is 20.4 Å². The van der Waals surface area contributed by atoms with Gasteiger partial charge in [-0.3, -0.25) is 14.7 Å². The number of anilines is 1. The lowest BCUT2D eigenvalue weighted by Crippen LogP contribution is -2.30. The molecule has 0 aliphatic carbocycles. The molecule has 0 N–H and O–H groups in total. The van der Waals surface area contributed by atoms with Crippen LogP contribution in [0.2, 0.25) is 0 Å². The molecule has 0 fully saturated rings. The highest BCUT2D eigenvalue weighted by Gasteiger charge is 2.25. The molecule has 0 radical (unpaired) electrons. The van der Waals surface area contributed by atoms with Crippen LogP contribution in [0.5, 0.6) is 0 Å². The lowest BCUT2D eigenvalue weighted by Gasteiger charge is -2.18. The Bertz CT molecular complexity index is 1300. The maximum absolute atomic E-state index is 13.5. The number of aryl methyl sites for hydroxylation is 2. The number of aromatic nitrogens is 3. The van der Waals surface area contributed by atoms with Crippen LogP contribution in [-0.2, 0) is 6.54 Å². The second-order valence-electron chi connectivity index (χ2n) is 7.10. The fraction of sp³-hybridized carbons (Fsp3) is 0.130. The molecule has 0 saturated heterocycles. The molecule has 1 amide bonds. The molecule has 2 aromatic carbocycles. The molecule has 3 heterocycles. The molecule has 5 aromatic rings. The number of para-hydroxylation sites is 1. The zero-order valence-corrected chi connectivity index (χ0v) is 18.1. The molecule has 3 aromatic heterocycles. The van der Waals surface area contributed by atoms with Gasteiger partial charge in [0.2, 0.25) is 0 Å². The van der Waals surface area contributed by atoms with Crippen molar-refractivity contribution in [3.8, 4) is 0 Å². The number of thiazole rings is 2. The zero-order chi connectivity index (χ0) is 20.7. The van der Waals surface area contributed by atoms with E-state index >= 15 is 0 Å². The average molecular weight is 431 g/mol. The minimum absolute atomic E-state index is 0.158. The first-order valence-corrected chi connectivity index (χ1v) is 11.2. The summed E-state index contributed by atoms with van der Waals surface area (Å²) in [7, 11) is 0. The van der Waals surface area contributed by atoms with Crippen LogP contribution in [0, 0.1) is 13.8 Å². The van der Waals surface area contributed by atoms with Crippen LogP contribution >= 0.6 is 22.7 Å². The van der Waals surface area contributed by atoms with E-state index in [0.717, 1.165) is 26.1 Å². The molecular formula is C23H18N4OS2. The summed E-state index contributed by atoms with van der Waals surface area (Å²) in [6.45, 7) is 4.51. The first-order chi connectivity index (χ1) is 14.6. The van der Waals surface area contributed by atoms with Crippen LogP contribution in [-0.4, -0.2) is 20.9 Å². The van der Waals surface area contributed by atoms with Gasteiger partial charge in [0.15, 0.2) is 10.1 Å². The summed E-state index contributed by atoms with van der Waals surface area (Å²) < 4.78 is 2.06. The van der Waals surface area contributed by atoms with Gasteiger partial charge in [-0.1, -0.05) is 29.5 Å². The van der Waals surface area contributed by atoms with E-state index in [0.29, 0.717) is 16.7 Å². The van der Waals surface area contributed by atoms with E-state index in [1.54, 1.807) is 11.1 Å². The van der Waals surface area contributed by atoms with Crippen LogP contribution in [0.15, 0.2) is 60.8 Å². The Morgan fingerprint density at radius 2 is 1.70 bits per heavy atom. The van der Waals surface area contributed by atoms with Crippen molar-refractivity contribution in [2.75, 3.05) is 4.90 Å². The third-order valence-electron chi connectivity index (χ3n) is 4.99. The molecule has 0 aliphatic heterocycles. The smallest absolute Gasteiger partial charge is 0.276 e. The number of benzene rings is 2. The lowest BCUT2D eigenvalue weighted by atomic mass is 10.1. The summed E-state index contributed by atoms with van der Waals surface area (Å²) in [5, 5.41) is 1.11. The minimum atomic E-state index is -0.158. The van der Waals surface area contributed by atoms with Crippen molar-refractivity contribution in [3.63, 3.8) is 0 Å². The summed E-state index contributed by atoms with van der Waals surface area (Å²) >= 11 is 2.93. The van der Waals surface area contributed by atoms with Crippen LogP contribution < -0.4 is 4.90 Å². The minimum Gasteiger partial charge on any atom is -0.276 e. The van der Waals surface area contributed by atoms with Crippen LogP contribution in [0.3, 0.4) is 0 Å². The Hall–Kier alpha value is -3.16. The fourth-order valence-corrected chi connectivity index (χ4v) is 5.20. The van der Waals surface area contributed by atoms with Gasteiger partial charge < -0.3 is 0 Å². The summed E-state index contributed by atoms with van der Waals surface area (Å²) in [5.74, 6) is -0.158. The Labute approximate surface area is 181 Å². The summed E-state index contributed by atoms with van der Waals surface area (Å²) in [6.07, 6.45) is 1.74. The Morgan fingerprint density at radius 3 is 2.50 bits per heavy atom. The topological polar surface area (TPSA) is 59.0 Å². The quantitative estimate of drug-likeness (QED) is 0.363. The number of hydrogen-bond donors (Lipinski definition) is 0. The molecule has 30 heavy (non-hydrogen) atoms. The number of amides is 1. The molecule has 5 rings (SSSR count). The van der Waals surface area contributed by atoms with Gasteiger partial charge in [0.25, 0.3) is 5.91 Å². The number of nitrogens with zero attached hydrogens (tertiary/aromatic N) is 4. The maximum atomic E-state index is 13.5. The highest BCUT2D eigenvalue weighted by molar-refractivity contribution is 7.23. The van der Waals surface area contributed by atoms with Gasteiger partial charge in [-0.15, -0.1) is 11.3 Å². The predicted molar refractivity (Wildman–Crippen MR) is 123 cm³/mol. The normalized spacial score (nSPS) is 11.3. The van der Waals surface area contributed by atoms with Crippen LogP contribution in [0.4, 0.5) is 5.13 Å². The molecule has 0 aliphatic rings. The Balaban J connectivity index is 1.60. The third kappa shape index (κ3) is 3.46. The monoisotopic (exact) mass is 430 g/mol. The maximum Gasteiger partial charge on any atom is 0.289 e. The molecule has 7 heteroatoms. The summed E-state index contributed by atoms with van der Waals surface area (Å²) in [5.41, 5.74) is 4.94. The van der Waals surface area contributed by atoms with E-state index < -0.39 is 0 Å². The standard InChI is InChI=1S/C23H18N4OS2/c1-14-11-18-20(12-15(14)2)30-23(26-18)27(13-16-7-5-6-10-24-16)22(28)21-25-17-8-3-4-9-19(17)29-21/h3-12H,13H2,1-2H3. The van der Waals surface area contributed by atoms with Gasteiger partial charge in [-0.2, -0.15) is 0 Å². The number of carbonyl (C=O) groups excluding carboxylic acids is 1. The van der Waals surface area contributed by atoms with Gasteiger partial charge in [-0.05, 0) is 61.4 Å². The second-order valence-corrected chi connectivity index (χ2v) is 9.14. The van der Waals surface area contributed by atoms with Crippen molar-refractivity contribution in [1.82, 2.24) is 15.0 Å². The van der Waals surface area contributed by atoms with Gasteiger partial charge in [-0.25, -0.2) is 9.97 Å². The number of carbonyl (C=O) groups is 1. The average Bonchev–Trinajstić information content (AvgIpc) is 3.36. The van der Waals surface area contributed by atoms with Crippen molar-refractivity contribution < 1.29 is 4.79 Å². The highest BCUT2D eigenvalue weighted by atomic mass is 32.1. The Morgan fingerprint density at radius 1 is 0.900 bits per heavy atom. The molecular weight excluding hydrogens is 412 g/mol. The zero-order valence-electron chi connectivity index (χ0n) is 16.5. The molecule has 0 spiro atoms. The van der Waals surface area contributed by atoms with Gasteiger partial charge in [0.05, 0.1) is 32.7 Å². The molecule has 148 valence electrons. The van der Waals surface area contributed by atoms with Crippen LogP contribution in [0.25, 0.3) is 20.4 Å². The van der Waals surface area contributed by atoms with E-state index in [2.05, 4.69) is 35.9 Å². The van der Waals surface area contributed by atoms with Gasteiger partial charge in [0.1, 0.15) is 0 Å². The number of fused-ring (bicyclic) bond motifs is 2. The second kappa shape index (κ2) is 7.59. The van der Waals surface area contributed by atoms with Crippen molar-refractivity contribution in [1.29, 1.82) is 0 Å². The largest absolute Gasteiger partial charge is 0.289 e. The SMILES string of the molecule is Cc1cc2nc(N(Cc3ccccn3)C(=O)c3nc4ccccc4s3)sc2cc1C. The van der Waals surface area contributed by atoms with Crippen molar-refractivity contribution in [2.24, 2.45) is 0 Å². The van der Waals surface area contributed by atoms with E-state index in [9.17, 15) is 4.79 Å². The van der Waals surface area contributed by atoms with Gasteiger partial charge in [0, 0.05) is 6.20 Å². The van der Waals surface area contributed by atoms with Crippen LogP contribution in [0.1, 0.15) is 26.6 Å². The first-order valence-electron chi connectivity index (χ1n) is 9.53. The molecule has 0 unspecified atom stereocenters. The number of rotatable bonds is 4. The fourth-order valence-electron chi connectivity index (χ4n) is 3.24. The van der Waals surface area contributed by atoms with Crippen molar-refractivity contribution >= 4 is 54.1 Å². The van der Waals surface area contributed by atoms with E-state index in [1.165, 1.54) is 33.8 Å².